The summed E-state index contributed by atoms with van der Waals surface area (Å²) in [6.07, 6.45) is 0. The Bertz CT molecular complexity index is 1050. The largest absolute Gasteiger partial charge is 0.398 e. The maximum atomic E-state index is 8.74. The minimum Gasteiger partial charge on any atom is -0.398 e. The Morgan fingerprint density at radius 3 is 1.77 bits per heavy atom. The van der Waals surface area contributed by atoms with Crippen molar-refractivity contribution in [3.05, 3.63) is 54.6 Å². The second-order valence-electron chi connectivity index (χ2n) is 4.96. The normalized spacial score (nSPS) is 11.7. The fourth-order valence-corrected chi connectivity index (χ4v) is 2.76. The lowest BCUT2D eigenvalue weighted by Crippen LogP contribution is -1.89. The fraction of sp³-hybridized carbons (Fsp3) is 0. The number of nitrogens with two attached hydrogens (primary N) is 1. The molecule has 0 saturated heterocycles. The van der Waals surface area contributed by atoms with Gasteiger partial charge in [0.05, 0.1) is 0 Å². The van der Waals surface area contributed by atoms with Gasteiger partial charge in [0, 0.05) is 11.1 Å². The van der Waals surface area contributed by atoms with Crippen molar-refractivity contribution >= 4 is 48.4 Å². The number of nitrogen functional groups attached to an aromatic ring is 1. The second-order valence-corrected chi connectivity index (χ2v) is 5.85. The van der Waals surface area contributed by atoms with E-state index in [0.717, 1.165) is 11.1 Å². The summed E-state index contributed by atoms with van der Waals surface area (Å²) in [5, 5.41) is 7.61. The van der Waals surface area contributed by atoms with E-state index in [1.165, 1.54) is 26.9 Å². The van der Waals surface area contributed by atoms with E-state index in [1.807, 2.05) is 6.07 Å². The molecule has 0 amide bonds. The first kappa shape index (κ1) is 14.5. The summed E-state index contributed by atoms with van der Waals surface area (Å²) in [6.45, 7) is 0. The van der Waals surface area contributed by atoms with Crippen molar-refractivity contribution in [1.29, 1.82) is 0 Å². The molecule has 4 rings (SSSR count). The summed E-state index contributed by atoms with van der Waals surface area (Å²) >= 11 is 0. The zero-order valence-electron chi connectivity index (χ0n) is 11.4. The molecule has 22 heavy (non-hydrogen) atoms. The van der Waals surface area contributed by atoms with Gasteiger partial charge in [-0.2, -0.15) is 8.42 Å². The van der Waals surface area contributed by atoms with Crippen LogP contribution in [0, 0.1) is 0 Å². The molecule has 0 fully saturated rings. The third-order valence-corrected chi connectivity index (χ3v) is 3.56. The van der Waals surface area contributed by atoms with Gasteiger partial charge < -0.3 is 5.73 Å². The van der Waals surface area contributed by atoms with Crippen LogP contribution in [0.25, 0.3) is 32.3 Å². The van der Waals surface area contributed by atoms with E-state index in [0.29, 0.717) is 0 Å². The van der Waals surface area contributed by atoms with Crippen molar-refractivity contribution in [2.75, 3.05) is 5.73 Å². The monoisotopic (exact) mass is 315 g/mol. The highest BCUT2D eigenvalue weighted by atomic mass is 32.3. The van der Waals surface area contributed by atoms with Crippen LogP contribution in [-0.4, -0.2) is 17.5 Å². The van der Waals surface area contributed by atoms with E-state index in [1.54, 1.807) is 0 Å². The van der Waals surface area contributed by atoms with Gasteiger partial charge in [0.25, 0.3) is 0 Å². The SMILES string of the molecule is Nc1ccc2ccc3cccc4ccc1c2c34.O=S(=O)(O)O. The molecule has 0 radical (unpaired) electrons. The number of hydrogen-bond acceptors (Lipinski definition) is 3. The van der Waals surface area contributed by atoms with Gasteiger partial charge in [-0.25, -0.2) is 0 Å². The molecule has 112 valence electrons. The van der Waals surface area contributed by atoms with Crippen LogP contribution in [0.15, 0.2) is 54.6 Å². The highest BCUT2D eigenvalue weighted by molar-refractivity contribution is 7.79. The number of anilines is 1. The molecule has 0 atom stereocenters. The Morgan fingerprint density at radius 2 is 1.18 bits per heavy atom. The summed E-state index contributed by atoms with van der Waals surface area (Å²) in [4.78, 5) is 0. The molecule has 0 heterocycles. The number of benzene rings is 4. The lowest BCUT2D eigenvalue weighted by atomic mass is 9.94. The van der Waals surface area contributed by atoms with Crippen LogP contribution in [0.4, 0.5) is 5.69 Å². The van der Waals surface area contributed by atoms with Crippen molar-refractivity contribution in [2.45, 2.75) is 0 Å². The van der Waals surface area contributed by atoms with Gasteiger partial charge in [0.2, 0.25) is 0 Å². The van der Waals surface area contributed by atoms with Gasteiger partial charge >= 0.3 is 10.4 Å². The average Bonchev–Trinajstić information content (AvgIpc) is 2.45. The molecule has 0 aromatic heterocycles. The standard InChI is InChI=1S/C16H11N.H2O4S/c17-14-9-7-12-5-4-10-2-1-3-11-6-8-13(14)16(12)15(10)11;1-5(2,3)4/h1-9H,17H2;(H2,1,2,3,4). The third-order valence-electron chi connectivity index (χ3n) is 3.56. The maximum absolute atomic E-state index is 8.74. The molecule has 5 nitrogen and oxygen atoms in total. The zero-order valence-corrected chi connectivity index (χ0v) is 12.2. The first-order chi connectivity index (χ1) is 10.3. The molecule has 0 aliphatic rings. The Labute approximate surface area is 126 Å². The van der Waals surface area contributed by atoms with Crippen LogP contribution in [0.1, 0.15) is 0 Å². The van der Waals surface area contributed by atoms with E-state index in [-0.39, 0.29) is 0 Å². The number of hydrogen-bond donors (Lipinski definition) is 3. The van der Waals surface area contributed by atoms with Gasteiger partial charge in [-0.15, -0.1) is 0 Å². The smallest absolute Gasteiger partial charge is 0.394 e. The molecule has 0 spiro atoms. The van der Waals surface area contributed by atoms with E-state index < -0.39 is 10.4 Å². The van der Waals surface area contributed by atoms with Crippen LogP contribution in [0.2, 0.25) is 0 Å². The van der Waals surface area contributed by atoms with Crippen LogP contribution in [-0.2, 0) is 10.4 Å². The van der Waals surface area contributed by atoms with E-state index in [2.05, 4.69) is 48.5 Å². The van der Waals surface area contributed by atoms with Gasteiger partial charge in [-0.3, -0.25) is 9.11 Å². The van der Waals surface area contributed by atoms with Crippen LogP contribution >= 0.6 is 0 Å². The van der Waals surface area contributed by atoms with Gasteiger partial charge in [-0.1, -0.05) is 48.5 Å². The van der Waals surface area contributed by atoms with Gasteiger partial charge in [0.1, 0.15) is 0 Å². The lowest BCUT2D eigenvalue weighted by Gasteiger charge is -2.11. The summed E-state index contributed by atoms with van der Waals surface area (Å²) in [5.41, 5.74) is 6.92. The second kappa shape index (κ2) is 5.10. The molecular formula is C16H13NO4S. The molecule has 6 heteroatoms. The molecule has 0 aliphatic carbocycles. The summed E-state index contributed by atoms with van der Waals surface area (Å²) in [7, 11) is -4.67. The van der Waals surface area contributed by atoms with Crippen molar-refractivity contribution in [3.8, 4) is 0 Å². The van der Waals surface area contributed by atoms with E-state index in [4.69, 9.17) is 23.3 Å². The molecule has 0 saturated carbocycles. The van der Waals surface area contributed by atoms with E-state index >= 15 is 0 Å². The minimum atomic E-state index is -4.67. The van der Waals surface area contributed by atoms with E-state index in [9.17, 15) is 0 Å². The highest BCUT2D eigenvalue weighted by Gasteiger charge is 2.08. The van der Waals surface area contributed by atoms with Crippen molar-refractivity contribution in [1.82, 2.24) is 0 Å². The average molecular weight is 315 g/mol. The highest BCUT2D eigenvalue weighted by Crippen LogP contribution is 2.36. The minimum absolute atomic E-state index is 0.857. The molecule has 0 unspecified atom stereocenters. The van der Waals surface area contributed by atoms with Crippen LogP contribution < -0.4 is 5.73 Å². The Hall–Kier alpha value is -2.41. The summed E-state index contributed by atoms with van der Waals surface area (Å²) in [6, 6.07) is 19.1. The maximum Gasteiger partial charge on any atom is 0.394 e. The van der Waals surface area contributed by atoms with Gasteiger partial charge in [0.15, 0.2) is 0 Å². The lowest BCUT2D eigenvalue weighted by molar-refractivity contribution is 0.381. The Kier molecular flexibility index (Phi) is 3.37. The topological polar surface area (TPSA) is 101 Å². The van der Waals surface area contributed by atoms with Gasteiger partial charge in [-0.05, 0) is 33.0 Å². The summed E-state index contributed by atoms with van der Waals surface area (Å²) in [5.74, 6) is 0. The third kappa shape index (κ3) is 2.67. The predicted octanol–water partition coefficient (Wildman–Crippen LogP) is 3.51. The predicted molar refractivity (Wildman–Crippen MR) is 88.7 cm³/mol. The molecule has 4 N–H and O–H groups in total. The number of rotatable bonds is 0. The van der Waals surface area contributed by atoms with Crippen LogP contribution in [0.5, 0.6) is 0 Å². The first-order valence-electron chi connectivity index (χ1n) is 6.46. The fourth-order valence-electron chi connectivity index (χ4n) is 2.76. The first-order valence-corrected chi connectivity index (χ1v) is 7.86. The van der Waals surface area contributed by atoms with Crippen LogP contribution in [0.3, 0.4) is 0 Å². The Morgan fingerprint density at radius 1 is 0.727 bits per heavy atom. The molecule has 4 aromatic rings. The molecule has 0 aliphatic heterocycles. The molecule has 4 aromatic carbocycles. The molecule has 0 bridgehead atoms. The van der Waals surface area contributed by atoms with Crippen molar-refractivity contribution < 1.29 is 17.5 Å². The Balaban J connectivity index is 0.000000254. The summed E-state index contributed by atoms with van der Waals surface area (Å²) < 4.78 is 31.6. The van der Waals surface area contributed by atoms with Crippen molar-refractivity contribution in [3.63, 3.8) is 0 Å². The quantitative estimate of drug-likeness (QED) is 0.262. The molecular weight excluding hydrogens is 302 g/mol. The zero-order chi connectivity index (χ0) is 15.9. The van der Waals surface area contributed by atoms with Crippen molar-refractivity contribution in [2.24, 2.45) is 0 Å².